The van der Waals surface area contributed by atoms with Crippen molar-refractivity contribution in [3.63, 3.8) is 0 Å². The number of rotatable bonds is 4. The van der Waals surface area contributed by atoms with E-state index in [-0.39, 0.29) is 5.56 Å². The first-order valence-corrected chi connectivity index (χ1v) is 7.65. The molecule has 0 spiro atoms. The number of hydrogen-bond donors (Lipinski definition) is 1. The quantitative estimate of drug-likeness (QED) is 0.828. The Kier molecular flexibility index (Phi) is 3.89. The van der Waals surface area contributed by atoms with E-state index in [4.69, 9.17) is 4.74 Å². The lowest BCUT2D eigenvalue weighted by atomic mass is 10.1. The van der Waals surface area contributed by atoms with E-state index in [1.807, 2.05) is 24.3 Å². The van der Waals surface area contributed by atoms with E-state index < -0.39 is 0 Å². The van der Waals surface area contributed by atoms with Crippen molar-refractivity contribution in [3.8, 4) is 11.4 Å². The van der Waals surface area contributed by atoms with E-state index in [1.165, 1.54) is 0 Å². The topological polar surface area (TPSA) is 55.0 Å². The molecule has 3 rings (SSSR count). The predicted octanol–water partition coefficient (Wildman–Crippen LogP) is 3.07. The number of hydrogen-bond acceptors (Lipinski definition) is 3. The average molecular weight is 382 g/mol. The van der Waals surface area contributed by atoms with Crippen molar-refractivity contribution in [2.45, 2.75) is 25.4 Å². The Labute approximate surface area is 130 Å². The molecule has 0 unspecified atom stereocenters. The molecule has 0 saturated heterocycles. The highest BCUT2D eigenvalue weighted by atomic mass is 127. The summed E-state index contributed by atoms with van der Waals surface area (Å²) in [6.07, 6.45) is 2.27. The fourth-order valence-corrected chi connectivity index (χ4v) is 2.91. The van der Waals surface area contributed by atoms with Gasteiger partial charge in [-0.1, -0.05) is 18.2 Å². The Bertz CT molecular complexity index is 693. The molecule has 1 aliphatic rings. The number of ether oxygens (including phenoxy) is 1. The van der Waals surface area contributed by atoms with Gasteiger partial charge in [0.05, 0.1) is 15.9 Å². The van der Waals surface area contributed by atoms with Crippen LogP contribution < -0.4 is 5.56 Å². The van der Waals surface area contributed by atoms with Crippen LogP contribution in [0.15, 0.2) is 29.1 Å². The van der Waals surface area contributed by atoms with Gasteiger partial charge in [0.25, 0.3) is 5.56 Å². The SMILES string of the molecule is COCc1cccc(-c2nc(C3CC3)c(I)c(=O)[nH]2)c1. The minimum absolute atomic E-state index is 0.0466. The third-order valence-electron chi connectivity index (χ3n) is 3.36. The van der Waals surface area contributed by atoms with E-state index >= 15 is 0 Å². The van der Waals surface area contributed by atoms with Crippen LogP contribution in [0.3, 0.4) is 0 Å². The van der Waals surface area contributed by atoms with Gasteiger partial charge in [-0.15, -0.1) is 0 Å². The Hall–Kier alpha value is -1.21. The fraction of sp³-hybridized carbons (Fsp3) is 0.333. The molecule has 2 aromatic rings. The summed E-state index contributed by atoms with van der Waals surface area (Å²) in [6.45, 7) is 0.553. The fourth-order valence-electron chi connectivity index (χ4n) is 2.22. The maximum Gasteiger partial charge on any atom is 0.264 e. The first-order chi connectivity index (χ1) is 9.69. The number of nitrogens with one attached hydrogen (secondary N) is 1. The molecule has 1 N–H and O–H groups in total. The summed E-state index contributed by atoms with van der Waals surface area (Å²) >= 11 is 2.09. The molecule has 5 heteroatoms. The number of benzene rings is 1. The van der Waals surface area contributed by atoms with Crippen LogP contribution >= 0.6 is 22.6 Å². The molecule has 1 aromatic carbocycles. The zero-order chi connectivity index (χ0) is 14.1. The van der Waals surface area contributed by atoms with E-state index in [2.05, 4.69) is 32.6 Å². The molecule has 0 atom stereocenters. The van der Waals surface area contributed by atoms with E-state index in [0.29, 0.717) is 18.3 Å². The second kappa shape index (κ2) is 5.65. The molecule has 1 heterocycles. The third-order valence-corrected chi connectivity index (χ3v) is 4.41. The van der Waals surface area contributed by atoms with Crippen LogP contribution in [0.25, 0.3) is 11.4 Å². The highest BCUT2D eigenvalue weighted by Crippen LogP contribution is 2.40. The van der Waals surface area contributed by atoms with Crippen LogP contribution in [0.2, 0.25) is 0 Å². The van der Waals surface area contributed by atoms with E-state index in [0.717, 1.165) is 33.2 Å². The predicted molar refractivity (Wildman–Crippen MR) is 85.7 cm³/mol. The summed E-state index contributed by atoms with van der Waals surface area (Å²) in [7, 11) is 1.67. The van der Waals surface area contributed by atoms with Gasteiger partial charge in [-0.05, 0) is 47.1 Å². The molecule has 4 nitrogen and oxygen atoms in total. The molecule has 1 fully saturated rings. The molecule has 0 radical (unpaired) electrons. The minimum Gasteiger partial charge on any atom is -0.380 e. The molecule has 1 aromatic heterocycles. The second-order valence-electron chi connectivity index (χ2n) is 5.02. The van der Waals surface area contributed by atoms with Crippen LogP contribution in [-0.4, -0.2) is 17.1 Å². The van der Waals surface area contributed by atoms with Crippen molar-refractivity contribution in [1.82, 2.24) is 9.97 Å². The lowest BCUT2D eigenvalue weighted by molar-refractivity contribution is 0.185. The van der Waals surface area contributed by atoms with Gasteiger partial charge in [0, 0.05) is 18.6 Å². The summed E-state index contributed by atoms with van der Waals surface area (Å²) in [5.74, 6) is 1.11. The van der Waals surface area contributed by atoms with Crippen LogP contribution in [-0.2, 0) is 11.3 Å². The molecule has 1 aliphatic carbocycles. The van der Waals surface area contributed by atoms with Gasteiger partial charge in [0.1, 0.15) is 5.82 Å². The van der Waals surface area contributed by atoms with Gasteiger partial charge >= 0.3 is 0 Å². The minimum atomic E-state index is -0.0466. The molecule has 0 amide bonds. The summed E-state index contributed by atoms with van der Waals surface area (Å²) in [6, 6.07) is 7.92. The van der Waals surface area contributed by atoms with Gasteiger partial charge in [-0.25, -0.2) is 4.98 Å². The molecule has 0 bridgehead atoms. The number of H-pyrrole nitrogens is 1. The zero-order valence-electron chi connectivity index (χ0n) is 11.1. The van der Waals surface area contributed by atoms with Crippen molar-refractivity contribution >= 4 is 22.6 Å². The monoisotopic (exact) mass is 382 g/mol. The number of aromatic nitrogens is 2. The molecular formula is C15H15IN2O2. The molecule has 0 aliphatic heterocycles. The van der Waals surface area contributed by atoms with Crippen molar-refractivity contribution in [3.05, 3.63) is 49.4 Å². The van der Waals surface area contributed by atoms with Gasteiger partial charge in [0.2, 0.25) is 0 Å². The smallest absolute Gasteiger partial charge is 0.264 e. The van der Waals surface area contributed by atoms with Gasteiger partial charge in [-0.3, -0.25) is 4.79 Å². The number of halogens is 1. The molecule has 104 valence electrons. The molecule has 20 heavy (non-hydrogen) atoms. The number of aromatic amines is 1. The molecule has 1 saturated carbocycles. The Morgan fingerprint density at radius 1 is 1.45 bits per heavy atom. The lowest BCUT2D eigenvalue weighted by Crippen LogP contribution is -2.16. The number of nitrogens with zero attached hydrogens (tertiary/aromatic N) is 1. The highest BCUT2D eigenvalue weighted by molar-refractivity contribution is 14.1. The maximum absolute atomic E-state index is 12.0. The van der Waals surface area contributed by atoms with Gasteiger partial charge < -0.3 is 9.72 Å². The normalized spacial score (nSPS) is 14.5. The first kappa shape index (κ1) is 13.8. The lowest BCUT2D eigenvalue weighted by Gasteiger charge is -2.07. The third kappa shape index (κ3) is 2.78. The Balaban J connectivity index is 2.05. The van der Waals surface area contributed by atoms with Crippen LogP contribution in [0.5, 0.6) is 0 Å². The second-order valence-corrected chi connectivity index (χ2v) is 6.10. The Morgan fingerprint density at radius 3 is 2.95 bits per heavy atom. The van der Waals surface area contributed by atoms with Crippen LogP contribution in [0.4, 0.5) is 0 Å². The van der Waals surface area contributed by atoms with Gasteiger partial charge in [0.15, 0.2) is 0 Å². The zero-order valence-corrected chi connectivity index (χ0v) is 13.3. The standard InChI is InChI=1S/C15H15IN2O2/c1-20-8-9-3-2-4-11(7-9)14-17-13(10-5-6-10)12(16)15(19)18-14/h2-4,7,10H,5-6,8H2,1H3,(H,17,18,19). The van der Waals surface area contributed by atoms with Crippen molar-refractivity contribution < 1.29 is 4.74 Å². The summed E-state index contributed by atoms with van der Waals surface area (Å²) in [5, 5.41) is 0. The van der Waals surface area contributed by atoms with Crippen LogP contribution in [0.1, 0.15) is 30.0 Å². The highest BCUT2D eigenvalue weighted by Gasteiger charge is 2.29. The van der Waals surface area contributed by atoms with Crippen LogP contribution in [0, 0.1) is 3.57 Å². The largest absolute Gasteiger partial charge is 0.380 e. The van der Waals surface area contributed by atoms with Crippen molar-refractivity contribution in [2.24, 2.45) is 0 Å². The summed E-state index contributed by atoms with van der Waals surface area (Å²) < 4.78 is 5.86. The average Bonchev–Trinajstić information content (AvgIpc) is 3.27. The first-order valence-electron chi connectivity index (χ1n) is 6.57. The summed E-state index contributed by atoms with van der Waals surface area (Å²) in [5.41, 5.74) is 2.89. The van der Waals surface area contributed by atoms with Crippen molar-refractivity contribution in [2.75, 3.05) is 7.11 Å². The Morgan fingerprint density at radius 2 is 2.25 bits per heavy atom. The van der Waals surface area contributed by atoms with Gasteiger partial charge in [-0.2, -0.15) is 0 Å². The van der Waals surface area contributed by atoms with E-state index in [9.17, 15) is 4.79 Å². The summed E-state index contributed by atoms with van der Waals surface area (Å²) in [4.78, 5) is 19.6. The van der Waals surface area contributed by atoms with Crippen molar-refractivity contribution in [1.29, 1.82) is 0 Å². The maximum atomic E-state index is 12.0. The van der Waals surface area contributed by atoms with E-state index in [1.54, 1.807) is 7.11 Å². The molecular weight excluding hydrogens is 367 g/mol. The number of methoxy groups -OCH3 is 1.